The molecule has 1 N–H and O–H groups in total. The van der Waals surface area contributed by atoms with E-state index in [1.807, 2.05) is 24.3 Å². The minimum Gasteiger partial charge on any atom is -0.497 e. The zero-order valence-electron chi connectivity index (χ0n) is 17.6. The third-order valence-electron chi connectivity index (χ3n) is 4.50. The Bertz CT molecular complexity index is 738. The maximum Gasteiger partial charge on any atom is 0.221 e. The molecule has 0 aliphatic heterocycles. The quantitative estimate of drug-likeness (QED) is 0.473. The maximum absolute atomic E-state index is 12.1. The lowest BCUT2D eigenvalue weighted by molar-refractivity contribution is -0.120. The van der Waals surface area contributed by atoms with Crippen LogP contribution < -0.4 is 15.0 Å². The second kappa shape index (κ2) is 13.1. The van der Waals surface area contributed by atoms with Crippen LogP contribution in [0.2, 0.25) is 0 Å². The fraction of sp³-hybridized carbons (Fsp3) is 0.571. The van der Waals surface area contributed by atoms with Crippen LogP contribution in [-0.2, 0) is 16.0 Å². The van der Waals surface area contributed by atoms with Crippen LogP contribution in [0, 0.1) is 0 Å². The average molecular weight is 421 g/mol. The van der Waals surface area contributed by atoms with Crippen molar-refractivity contribution in [2.45, 2.75) is 39.0 Å². The zero-order chi connectivity index (χ0) is 20.9. The monoisotopic (exact) mass is 420 g/mol. The van der Waals surface area contributed by atoms with Crippen molar-refractivity contribution in [3.05, 3.63) is 35.7 Å². The fourth-order valence-corrected chi connectivity index (χ4v) is 3.58. The van der Waals surface area contributed by atoms with E-state index in [2.05, 4.69) is 26.5 Å². The van der Waals surface area contributed by atoms with Crippen molar-refractivity contribution in [1.82, 2.24) is 14.7 Å². The maximum atomic E-state index is 12.1. The van der Waals surface area contributed by atoms with Gasteiger partial charge in [0, 0.05) is 51.1 Å². The summed E-state index contributed by atoms with van der Waals surface area (Å²) in [6, 6.07) is 7.91. The number of rotatable bonds is 14. The number of ether oxygens (including phenoxy) is 2. The van der Waals surface area contributed by atoms with E-state index in [1.165, 1.54) is 11.5 Å². The molecule has 0 spiro atoms. The first-order chi connectivity index (χ1) is 14.2. The summed E-state index contributed by atoms with van der Waals surface area (Å²) in [5, 5.41) is 3.81. The summed E-state index contributed by atoms with van der Waals surface area (Å²) in [6.45, 7) is 4.74. The van der Waals surface area contributed by atoms with Crippen LogP contribution in [0.1, 0.15) is 44.0 Å². The van der Waals surface area contributed by atoms with Crippen LogP contribution in [0.4, 0.5) is 5.13 Å². The van der Waals surface area contributed by atoms with Gasteiger partial charge in [0.05, 0.1) is 13.7 Å². The molecule has 0 aliphatic rings. The highest BCUT2D eigenvalue weighted by molar-refractivity contribution is 7.09. The number of carbonyl (C=O) groups is 1. The SMILES string of the molecule is CCCCCNC(=O)CCN(CCOC)c1nc(Cc2cccc(OC)c2)ns1. The van der Waals surface area contributed by atoms with Crippen molar-refractivity contribution in [3.63, 3.8) is 0 Å². The van der Waals surface area contributed by atoms with E-state index >= 15 is 0 Å². The molecule has 0 aliphatic carbocycles. The lowest BCUT2D eigenvalue weighted by Gasteiger charge is -2.20. The van der Waals surface area contributed by atoms with Crippen molar-refractivity contribution in [2.24, 2.45) is 0 Å². The molecule has 1 aromatic heterocycles. The van der Waals surface area contributed by atoms with E-state index in [0.29, 0.717) is 32.5 Å². The molecule has 0 fully saturated rings. The van der Waals surface area contributed by atoms with Crippen LogP contribution in [0.5, 0.6) is 5.75 Å². The normalized spacial score (nSPS) is 10.7. The molecule has 1 aromatic carbocycles. The summed E-state index contributed by atoms with van der Waals surface area (Å²) in [5.74, 6) is 1.67. The number of methoxy groups -OCH3 is 2. The van der Waals surface area contributed by atoms with E-state index in [4.69, 9.17) is 9.47 Å². The Balaban J connectivity index is 1.92. The minimum atomic E-state index is 0.0737. The molecule has 0 saturated carbocycles. The Kier molecular flexibility index (Phi) is 10.4. The minimum absolute atomic E-state index is 0.0737. The first-order valence-corrected chi connectivity index (χ1v) is 10.9. The molecule has 0 unspecified atom stereocenters. The van der Waals surface area contributed by atoms with Crippen LogP contribution in [0.3, 0.4) is 0 Å². The Morgan fingerprint density at radius 2 is 2.10 bits per heavy atom. The van der Waals surface area contributed by atoms with Crippen LogP contribution in [-0.4, -0.2) is 55.7 Å². The van der Waals surface area contributed by atoms with Gasteiger partial charge in [0.1, 0.15) is 11.6 Å². The molecule has 0 atom stereocenters. The lowest BCUT2D eigenvalue weighted by atomic mass is 10.1. The predicted octanol–water partition coefficient (Wildman–Crippen LogP) is 3.29. The smallest absolute Gasteiger partial charge is 0.221 e. The molecule has 1 heterocycles. The van der Waals surface area contributed by atoms with Gasteiger partial charge in [-0.15, -0.1) is 0 Å². The first kappa shape index (κ1) is 23.1. The van der Waals surface area contributed by atoms with Gasteiger partial charge in [-0.1, -0.05) is 31.9 Å². The Morgan fingerprint density at radius 1 is 1.24 bits per heavy atom. The van der Waals surface area contributed by atoms with E-state index in [0.717, 1.165) is 48.1 Å². The predicted molar refractivity (Wildman–Crippen MR) is 117 cm³/mol. The average Bonchev–Trinajstić information content (AvgIpc) is 3.19. The van der Waals surface area contributed by atoms with Crippen molar-refractivity contribution in [3.8, 4) is 5.75 Å². The fourth-order valence-electron chi connectivity index (χ4n) is 2.84. The summed E-state index contributed by atoms with van der Waals surface area (Å²) in [4.78, 5) is 18.9. The summed E-state index contributed by atoms with van der Waals surface area (Å²) >= 11 is 1.36. The summed E-state index contributed by atoms with van der Waals surface area (Å²) in [7, 11) is 3.33. The second-order valence-electron chi connectivity index (χ2n) is 6.81. The van der Waals surface area contributed by atoms with E-state index in [-0.39, 0.29) is 5.91 Å². The standard InChI is InChI=1S/C21H32N4O3S/c1-4-5-6-11-22-20(26)10-12-25(13-14-27-2)21-23-19(24-29-21)16-17-8-7-9-18(15-17)28-3/h7-9,15H,4-6,10-14,16H2,1-3H3,(H,22,26). The van der Waals surface area contributed by atoms with Crippen LogP contribution in [0.25, 0.3) is 0 Å². The molecule has 1 amide bonds. The highest BCUT2D eigenvalue weighted by Gasteiger charge is 2.14. The van der Waals surface area contributed by atoms with Gasteiger partial charge >= 0.3 is 0 Å². The lowest BCUT2D eigenvalue weighted by Crippen LogP contribution is -2.33. The van der Waals surface area contributed by atoms with Gasteiger partial charge < -0.3 is 19.7 Å². The molecule has 0 bridgehead atoms. The molecular weight excluding hydrogens is 388 g/mol. The van der Waals surface area contributed by atoms with Crippen LogP contribution in [0.15, 0.2) is 24.3 Å². The van der Waals surface area contributed by atoms with Crippen molar-refractivity contribution < 1.29 is 14.3 Å². The van der Waals surface area contributed by atoms with Gasteiger partial charge in [0.25, 0.3) is 0 Å². The third kappa shape index (κ3) is 8.37. The Hall–Kier alpha value is -2.19. The highest BCUT2D eigenvalue weighted by atomic mass is 32.1. The Morgan fingerprint density at radius 3 is 2.86 bits per heavy atom. The van der Waals surface area contributed by atoms with Crippen molar-refractivity contribution >= 4 is 22.6 Å². The van der Waals surface area contributed by atoms with Crippen molar-refractivity contribution in [2.75, 3.05) is 45.4 Å². The summed E-state index contributed by atoms with van der Waals surface area (Å²) < 4.78 is 15.0. The Labute approximate surface area is 177 Å². The molecule has 7 nitrogen and oxygen atoms in total. The summed E-state index contributed by atoms with van der Waals surface area (Å²) in [6.07, 6.45) is 4.39. The number of hydrogen-bond acceptors (Lipinski definition) is 7. The molecule has 160 valence electrons. The molecule has 0 radical (unpaired) electrons. The second-order valence-corrected chi connectivity index (χ2v) is 7.54. The zero-order valence-corrected chi connectivity index (χ0v) is 18.5. The van der Waals surface area contributed by atoms with Gasteiger partial charge in [0.15, 0.2) is 0 Å². The number of nitrogens with one attached hydrogen (secondary N) is 1. The number of carbonyl (C=O) groups excluding carboxylic acids is 1. The highest BCUT2D eigenvalue weighted by Crippen LogP contribution is 2.20. The number of unbranched alkanes of at least 4 members (excludes halogenated alkanes) is 2. The number of amides is 1. The van der Waals surface area contributed by atoms with E-state index in [9.17, 15) is 4.79 Å². The van der Waals surface area contributed by atoms with Gasteiger partial charge in [-0.3, -0.25) is 4.79 Å². The largest absolute Gasteiger partial charge is 0.497 e. The van der Waals surface area contributed by atoms with E-state index in [1.54, 1.807) is 14.2 Å². The molecule has 0 saturated heterocycles. The van der Waals surface area contributed by atoms with E-state index < -0.39 is 0 Å². The number of nitrogens with zero attached hydrogens (tertiary/aromatic N) is 3. The molecule has 8 heteroatoms. The first-order valence-electron chi connectivity index (χ1n) is 10.1. The van der Waals surface area contributed by atoms with Gasteiger partial charge in [-0.25, -0.2) is 4.98 Å². The molecule has 2 rings (SSSR count). The molecule has 29 heavy (non-hydrogen) atoms. The van der Waals surface area contributed by atoms with Gasteiger partial charge in [0.2, 0.25) is 11.0 Å². The summed E-state index contributed by atoms with van der Waals surface area (Å²) in [5.41, 5.74) is 1.10. The molecular formula is C21H32N4O3S. The number of anilines is 1. The van der Waals surface area contributed by atoms with Crippen LogP contribution >= 0.6 is 11.5 Å². The number of hydrogen-bond donors (Lipinski definition) is 1. The topological polar surface area (TPSA) is 76.6 Å². The number of benzene rings is 1. The number of aromatic nitrogens is 2. The van der Waals surface area contributed by atoms with Gasteiger partial charge in [-0.2, -0.15) is 4.37 Å². The third-order valence-corrected chi connectivity index (χ3v) is 5.32. The van der Waals surface area contributed by atoms with Gasteiger partial charge in [-0.05, 0) is 24.1 Å². The van der Waals surface area contributed by atoms with Crippen molar-refractivity contribution in [1.29, 1.82) is 0 Å². The molecule has 2 aromatic rings.